The maximum atomic E-state index is 14.0. The van der Waals surface area contributed by atoms with Gasteiger partial charge in [0.2, 0.25) is 0 Å². The molecule has 21 heavy (non-hydrogen) atoms. The van der Waals surface area contributed by atoms with E-state index in [1.165, 1.54) is 6.07 Å². The Balaban J connectivity index is 1.60. The quantitative estimate of drug-likeness (QED) is 0.924. The summed E-state index contributed by atoms with van der Waals surface area (Å²) in [4.78, 5) is 13.8. The van der Waals surface area contributed by atoms with Crippen LogP contribution in [0.3, 0.4) is 0 Å². The molecule has 2 amide bonds. The SMILES string of the molecule is CC1CCN(C(=O)Nc2ccc(OC3CCC3)c(F)c2)C1. The van der Waals surface area contributed by atoms with Crippen LogP contribution in [-0.4, -0.2) is 30.1 Å². The van der Waals surface area contributed by atoms with Gasteiger partial charge in [-0.2, -0.15) is 0 Å². The third kappa shape index (κ3) is 3.28. The molecule has 1 aliphatic carbocycles. The Morgan fingerprint density at radius 3 is 2.76 bits per heavy atom. The summed E-state index contributed by atoms with van der Waals surface area (Å²) >= 11 is 0. The molecule has 1 saturated heterocycles. The van der Waals surface area contributed by atoms with E-state index in [1.807, 2.05) is 0 Å². The fourth-order valence-corrected chi connectivity index (χ4v) is 2.66. The molecule has 2 fully saturated rings. The Morgan fingerprint density at radius 1 is 1.38 bits per heavy atom. The molecule has 0 aromatic heterocycles. The van der Waals surface area contributed by atoms with E-state index in [-0.39, 0.29) is 17.9 Å². The zero-order valence-corrected chi connectivity index (χ0v) is 12.3. The second kappa shape index (κ2) is 5.92. The van der Waals surface area contributed by atoms with Crippen molar-refractivity contribution >= 4 is 11.7 Å². The van der Waals surface area contributed by atoms with Gasteiger partial charge in [0, 0.05) is 24.8 Å². The summed E-state index contributed by atoms with van der Waals surface area (Å²) < 4.78 is 19.5. The van der Waals surface area contributed by atoms with Crippen molar-refractivity contribution in [2.24, 2.45) is 5.92 Å². The van der Waals surface area contributed by atoms with Crippen LogP contribution in [0.1, 0.15) is 32.6 Å². The van der Waals surface area contributed by atoms with Crippen LogP contribution >= 0.6 is 0 Å². The van der Waals surface area contributed by atoms with Crippen LogP contribution in [0, 0.1) is 11.7 Å². The van der Waals surface area contributed by atoms with Crippen LogP contribution in [0.2, 0.25) is 0 Å². The molecule has 2 aliphatic rings. The largest absolute Gasteiger partial charge is 0.487 e. The van der Waals surface area contributed by atoms with Crippen molar-refractivity contribution in [1.82, 2.24) is 4.90 Å². The molecular formula is C16H21FN2O2. The van der Waals surface area contributed by atoms with E-state index in [4.69, 9.17) is 4.74 Å². The number of amides is 2. The molecular weight excluding hydrogens is 271 g/mol. The number of ether oxygens (including phenoxy) is 1. The first kappa shape index (κ1) is 14.2. The highest BCUT2D eigenvalue weighted by atomic mass is 19.1. The third-order valence-corrected chi connectivity index (χ3v) is 4.24. The Kier molecular flexibility index (Phi) is 3.99. The van der Waals surface area contributed by atoms with Crippen molar-refractivity contribution < 1.29 is 13.9 Å². The maximum absolute atomic E-state index is 14.0. The molecule has 0 spiro atoms. The topological polar surface area (TPSA) is 41.6 Å². The van der Waals surface area contributed by atoms with Gasteiger partial charge in [0.1, 0.15) is 0 Å². The van der Waals surface area contributed by atoms with Crippen molar-refractivity contribution in [1.29, 1.82) is 0 Å². The molecule has 1 saturated carbocycles. The van der Waals surface area contributed by atoms with Crippen LogP contribution in [0.5, 0.6) is 5.75 Å². The number of hydrogen-bond donors (Lipinski definition) is 1. The summed E-state index contributed by atoms with van der Waals surface area (Å²) in [5.74, 6) is 0.382. The number of rotatable bonds is 3. The van der Waals surface area contributed by atoms with Gasteiger partial charge in [-0.1, -0.05) is 6.92 Å². The minimum absolute atomic E-state index is 0.144. The molecule has 0 bridgehead atoms. The van der Waals surface area contributed by atoms with Crippen molar-refractivity contribution in [2.45, 2.75) is 38.7 Å². The lowest BCUT2D eigenvalue weighted by Gasteiger charge is -2.26. The average molecular weight is 292 g/mol. The van der Waals surface area contributed by atoms with E-state index in [0.717, 1.165) is 38.8 Å². The van der Waals surface area contributed by atoms with Gasteiger partial charge in [-0.15, -0.1) is 0 Å². The first-order chi connectivity index (χ1) is 10.1. The van der Waals surface area contributed by atoms with E-state index in [2.05, 4.69) is 12.2 Å². The number of benzene rings is 1. The zero-order chi connectivity index (χ0) is 14.8. The molecule has 1 aromatic carbocycles. The van der Waals surface area contributed by atoms with Crippen LogP contribution in [0.15, 0.2) is 18.2 Å². The van der Waals surface area contributed by atoms with Gasteiger partial charge in [0.15, 0.2) is 11.6 Å². The number of hydrogen-bond acceptors (Lipinski definition) is 2. The second-order valence-electron chi connectivity index (χ2n) is 6.09. The summed E-state index contributed by atoms with van der Waals surface area (Å²) in [6.45, 7) is 3.65. The van der Waals surface area contributed by atoms with E-state index < -0.39 is 5.82 Å². The summed E-state index contributed by atoms with van der Waals surface area (Å²) in [5.41, 5.74) is 0.470. The van der Waals surface area contributed by atoms with E-state index >= 15 is 0 Å². The lowest BCUT2D eigenvalue weighted by molar-refractivity contribution is 0.115. The predicted molar refractivity (Wildman–Crippen MR) is 79.0 cm³/mol. The average Bonchev–Trinajstić information content (AvgIpc) is 2.82. The standard InChI is InChI=1S/C16H21FN2O2/c1-11-7-8-19(10-11)16(20)18-12-5-6-15(14(17)9-12)21-13-3-2-4-13/h5-6,9,11,13H,2-4,7-8,10H2,1H3,(H,18,20). The van der Waals surface area contributed by atoms with Gasteiger partial charge >= 0.3 is 6.03 Å². The number of anilines is 1. The highest BCUT2D eigenvalue weighted by Gasteiger charge is 2.24. The fraction of sp³-hybridized carbons (Fsp3) is 0.562. The van der Waals surface area contributed by atoms with Crippen molar-refractivity contribution in [3.8, 4) is 5.75 Å². The lowest BCUT2D eigenvalue weighted by atomic mass is 9.96. The maximum Gasteiger partial charge on any atom is 0.321 e. The lowest BCUT2D eigenvalue weighted by Crippen LogP contribution is -2.32. The fourth-order valence-electron chi connectivity index (χ4n) is 2.66. The molecule has 1 aliphatic heterocycles. The molecule has 1 atom stereocenters. The van der Waals surface area contributed by atoms with Crippen LogP contribution in [0.4, 0.5) is 14.9 Å². The summed E-state index contributed by atoms with van der Waals surface area (Å²) in [7, 11) is 0. The van der Waals surface area contributed by atoms with Crippen LogP contribution < -0.4 is 10.1 Å². The smallest absolute Gasteiger partial charge is 0.321 e. The number of carbonyl (C=O) groups is 1. The molecule has 0 radical (unpaired) electrons. The Morgan fingerprint density at radius 2 is 2.19 bits per heavy atom. The summed E-state index contributed by atoms with van der Waals surface area (Å²) in [5, 5.41) is 2.75. The Hall–Kier alpha value is -1.78. The van der Waals surface area contributed by atoms with Crippen molar-refractivity contribution in [3.63, 3.8) is 0 Å². The van der Waals surface area contributed by atoms with Gasteiger partial charge in [0.05, 0.1) is 6.10 Å². The molecule has 4 nitrogen and oxygen atoms in total. The molecule has 5 heteroatoms. The first-order valence-corrected chi connectivity index (χ1v) is 7.64. The predicted octanol–water partition coefficient (Wildman–Crippen LogP) is 3.63. The number of likely N-dealkylation sites (tertiary alicyclic amines) is 1. The van der Waals surface area contributed by atoms with E-state index in [1.54, 1.807) is 17.0 Å². The minimum Gasteiger partial charge on any atom is -0.487 e. The van der Waals surface area contributed by atoms with Gasteiger partial charge in [-0.3, -0.25) is 0 Å². The highest BCUT2D eigenvalue weighted by Crippen LogP contribution is 2.28. The molecule has 1 aromatic rings. The molecule has 3 rings (SSSR count). The molecule has 114 valence electrons. The van der Waals surface area contributed by atoms with E-state index in [9.17, 15) is 9.18 Å². The number of halogens is 1. The number of urea groups is 1. The Labute approximate surface area is 124 Å². The molecule has 1 N–H and O–H groups in total. The number of nitrogens with zero attached hydrogens (tertiary/aromatic N) is 1. The van der Waals surface area contributed by atoms with Crippen molar-refractivity contribution in [3.05, 3.63) is 24.0 Å². The number of carbonyl (C=O) groups excluding carboxylic acids is 1. The minimum atomic E-state index is -0.422. The van der Waals surface area contributed by atoms with Crippen molar-refractivity contribution in [2.75, 3.05) is 18.4 Å². The molecule has 1 heterocycles. The second-order valence-corrected chi connectivity index (χ2v) is 6.09. The first-order valence-electron chi connectivity index (χ1n) is 7.64. The van der Waals surface area contributed by atoms with Gasteiger partial charge in [-0.05, 0) is 43.7 Å². The normalized spacial score (nSPS) is 22.0. The molecule has 1 unspecified atom stereocenters. The van der Waals surface area contributed by atoms with Gasteiger partial charge < -0.3 is 15.0 Å². The van der Waals surface area contributed by atoms with Crippen LogP contribution in [0.25, 0.3) is 0 Å². The third-order valence-electron chi connectivity index (χ3n) is 4.24. The summed E-state index contributed by atoms with van der Waals surface area (Å²) in [6.07, 6.45) is 4.30. The monoisotopic (exact) mass is 292 g/mol. The van der Waals surface area contributed by atoms with E-state index in [0.29, 0.717) is 11.6 Å². The number of nitrogens with one attached hydrogen (secondary N) is 1. The Bertz CT molecular complexity index is 531. The zero-order valence-electron chi connectivity index (χ0n) is 12.3. The highest BCUT2D eigenvalue weighted by molar-refractivity contribution is 5.89. The van der Waals surface area contributed by atoms with Gasteiger partial charge in [0.25, 0.3) is 0 Å². The summed E-state index contributed by atoms with van der Waals surface area (Å²) in [6, 6.07) is 4.45. The van der Waals surface area contributed by atoms with Gasteiger partial charge in [-0.25, -0.2) is 9.18 Å². The van der Waals surface area contributed by atoms with Crippen LogP contribution in [-0.2, 0) is 0 Å².